The summed E-state index contributed by atoms with van der Waals surface area (Å²) >= 11 is 11.4. The number of benzene rings is 1. The molecule has 90 valence electrons. The molecular formula is C13H10ClN3S. The van der Waals surface area contributed by atoms with Gasteiger partial charge in [-0.2, -0.15) is 0 Å². The zero-order valence-electron chi connectivity index (χ0n) is 9.43. The maximum Gasteiger partial charge on any atom is 0.178 e. The largest absolute Gasteiger partial charge is 0.331 e. The number of aromatic nitrogens is 3. The summed E-state index contributed by atoms with van der Waals surface area (Å²) in [4.78, 5) is 7.28. The minimum atomic E-state index is 0.688. The molecule has 2 heterocycles. The van der Waals surface area contributed by atoms with Crippen LogP contribution in [0.1, 0.15) is 5.56 Å². The molecule has 5 heteroatoms. The average molecular weight is 276 g/mol. The van der Waals surface area contributed by atoms with Gasteiger partial charge in [0, 0.05) is 17.4 Å². The quantitative estimate of drug-likeness (QED) is 0.722. The molecule has 0 bridgehead atoms. The highest BCUT2D eigenvalue weighted by Crippen LogP contribution is 2.20. The third-order valence-corrected chi connectivity index (χ3v) is 3.36. The Bertz CT molecular complexity index is 746. The smallest absolute Gasteiger partial charge is 0.178 e. The summed E-state index contributed by atoms with van der Waals surface area (Å²) in [6.07, 6.45) is 3.60. The lowest BCUT2D eigenvalue weighted by atomic mass is 10.2. The molecule has 0 radical (unpaired) electrons. The number of hydrogen-bond acceptors (Lipinski definition) is 2. The van der Waals surface area contributed by atoms with E-state index in [1.165, 1.54) is 0 Å². The highest BCUT2D eigenvalue weighted by molar-refractivity contribution is 7.71. The molecule has 0 saturated heterocycles. The number of pyridine rings is 1. The lowest BCUT2D eigenvalue weighted by molar-refractivity contribution is 0.806. The van der Waals surface area contributed by atoms with E-state index in [0.717, 1.165) is 16.6 Å². The third kappa shape index (κ3) is 2.05. The second kappa shape index (κ2) is 4.55. The number of halogens is 1. The Morgan fingerprint density at radius 1 is 1.33 bits per heavy atom. The monoisotopic (exact) mass is 275 g/mol. The molecule has 0 fully saturated rings. The first kappa shape index (κ1) is 11.4. The molecule has 3 nitrogen and oxygen atoms in total. The van der Waals surface area contributed by atoms with Crippen molar-refractivity contribution in [2.45, 2.75) is 6.54 Å². The normalized spacial score (nSPS) is 10.9. The van der Waals surface area contributed by atoms with Crippen LogP contribution in [0.25, 0.3) is 11.0 Å². The Hall–Kier alpha value is -1.65. The molecular weight excluding hydrogens is 266 g/mol. The van der Waals surface area contributed by atoms with Gasteiger partial charge in [-0.1, -0.05) is 17.7 Å². The molecule has 1 N–H and O–H groups in total. The van der Waals surface area contributed by atoms with Gasteiger partial charge in [-0.15, -0.1) is 0 Å². The molecule has 0 aliphatic heterocycles. The second-order valence-electron chi connectivity index (χ2n) is 4.04. The number of H-pyrrole nitrogens is 1. The van der Waals surface area contributed by atoms with Gasteiger partial charge in [-0.25, -0.2) is 0 Å². The Morgan fingerprint density at radius 2 is 2.22 bits per heavy atom. The summed E-state index contributed by atoms with van der Waals surface area (Å²) in [5, 5.41) is 0.705. The number of rotatable bonds is 2. The van der Waals surface area contributed by atoms with Gasteiger partial charge in [0.1, 0.15) is 0 Å². The highest BCUT2D eigenvalue weighted by Gasteiger charge is 2.05. The van der Waals surface area contributed by atoms with Gasteiger partial charge in [0.25, 0.3) is 0 Å². The average Bonchev–Trinajstić information content (AvgIpc) is 2.67. The van der Waals surface area contributed by atoms with E-state index in [0.29, 0.717) is 16.3 Å². The van der Waals surface area contributed by atoms with Crippen molar-refractivity contribution in [1.29, 1.82) is 0 Å². The van der Waals surface area contributed by atoms with Gasteiger partial charge in [0.05, 0.1) is 17.6 Å². The van der Waals surface area contributed by atoms with E-state index in [1.807, 2.05) is 41.1 Å². The second-order valence-corrected chi connectivity index (χ2v) is 4.86. The number of hydrogen-bond donors (Lipinski definition) is 1. The van der Waals surface area contributed by atoms with Gasteiger partial charge >= 0.3 is 0 Å². The van der Waals surface area contributed by atoms with Crippen molar-refractivity contribution in [2.75, 3.05) is 0 Å². The first-order chi connectivity index (χ1) is 8.74. The fourth-order valence-electron chi connectivity index (χ4n) is 1.96. The number of aromatic amines is 1. The predicted molar refractivity (Wildman–Crippen MR) is 75.5 cm³/mol. The van der Waals surface area contributed by atoms with Crippen molar-refractivity contribution in [3.63, 3.8) is 0 Å². The molecule has 0 aliphatic carbocycles. The molecule has 0 saturated carbocycles. The fraction of sp³-hybridized carbons (Fsp3) is 0.0769. The number of imidazole rings is 1. The van der Waals surface area contributed by atoms with E-state index in [9.17, 15) is 0 Å². The molecule has 0 amide bonds. The fourth-order valence-corrected chi connectivity index (χ4v) is 2.40. The molecule has 1 aromatic carbocycles. The van der Waals surface area contributed by atoms with Gasteiger partial charge < -0.3 is 9.55 Å². The van der Waals surface area contributed by atoms with E-state index >= 15 is 0 Å². The summed E-state index contributed by atoms with van der Waals surface area (Å²) in [7, 11) is 0. The predicted octanol–water partition coefficient (Wildman–Crippen LogP) is 3.80. The molecule has 3 rings (SSSR count). The summed E-state index contributed by atoms with van der Waals surface area (Å²) in [6, 6.07) is 9.65. The number of nitrogens with one attached hydrogen (secondary N) is 1. The number of fused-ring (bicyclic) bond motifs is 1. The van der Waals surface area contributed by atoms with Crippen LogP contribution in [0.3, 0.4) is 0 Å². The lowest BCUT2D eigenvalue weighted by Crippen LogP contribution is -1.99. The van der Waals surface area contributed by atoms with E-state index in [2.05, 4.69) is 9.97 Å². The highest BCUT2D eigenvalue weighted by atomic mass is 35.5. The summed E-state index contributed by atoms with van der Waals surface area (Å²) in [5.74, 6) is 0. The van der Waals surface area contributed by atoms with Crippen LogP contribution in [0.5, 0.6) is 0 Å². The van der Waals surface area contributed by atoms with Crippen molar-refractivity contribution >= 4 is 34.9 Å². The van der Waals surface area contributed by atoms with Crippen molar-refractivity contribution in [1.82, 2.24) is 14.5 Å². The van der Waals surface area contributed by atoms with E-state index < -0.39 is 0 Å². The van der Waals surface area contributed by atoms with Crippen LogP contribution in [-0.4, -0.2) is 14.5 Å². The van der Waals surface area contributed by atoms with Crippen molar-refractivity contribution in [3.8, 4) is 0 Å². The van der Waals surface area contributed by atoms with Crippen LogP contribution in [0, 0.1) is 4.77 Å². The minimum Gasteiger partial charge on any atom is -0.331 e. The zero-order chi connectivity index (χ0) is 12.5. The topological polar surface area (TPSA) is 33.6 Å². The van der Waals surface area contributed by atoms with Gasteiger partial charge in [0.15, 0.2) is 4.77 Å². The standard InChI is InChI=1S/C13H10ClN3S/c14-10-3-4-11-12(6-10)17(13(18)16-11)8-9-2-1-5-15-7-9/h1-7H,8H2,(H,16,18). The van der Waals surface area contributed by atoms with Crippen molar-refractivity contribution in [3.05, 3.63) is 58.1 Å². The van der Waals surface area contributed by atoms with Crippen LogP contribution >= 0.6 is 23.8 Å². The van der Waals surface area contributed by atoms with Crippen LogP contribution in [0.2, 0.25) is 5.02 Å². The third-order valence-electron chi connectivity index (χ3n) is 2.80. The van der Waals surface area contributed by atoms with Crippen LogP contribution in [0.15, 0.2) is 42.7 Å². The molecule has 2 aromatic heterocycles. The lowest BCUT2D eigenvalue weighted by Gasteiger charge is -2.04. The maximum atomic E-state index is 6.03. The van der Waals surface area contributed by atoms with Crippen LogP contribution < -0.4 is 0 Å². The summed E-state index contributed by atoms with van der Waals surface area (Å²) in [6.45, 7) is 0.688. The molecule has 0 aliphatic rings. The van der Waals surface area contributed by atoms with Crippen molar-refractivity contribution < 1.29 is 0 Å². The molecule has 0 spiro atoms. The first-order valence-electron chi connectivity index (χ1n) is 5.51. The van der Waals surface area contributed by atoms with Gasteiger partial charge in [0.2, 0.25) is 0 Å². The van der Waals surface area contributed by atoms with Crippen LogP contribution in [-0.2, 0) is 6.54 Å². The molecule has 0 atom stereocenters. The molecule has 3 aromatic rings. The van der Waals surface area contributed by atoms with Crippen LogP contribution in [0.4, 0.5) is 0 Å². The summed E-state index contributed by atoms with van der Waals surface area (Å²) < 4.78 is 2.71. The summed E-state index contributed by atoms with van der Waals surface area (Å²) in [5.41, 5.74) is 3.11. The van der Waals surface area contributed by atoms with E-state index in [4.69, 9.17) is 23.8 Å². The molecule has 18 heavy (non-hydrogen) atoms. The minimum absolute atomic E-state index is 0.688. The first-order valence-corrected chi connectivity index (χ1v) is 6.29. The zero-order valence-corrected chi connectivity index (χ0v) is 11.0. The molecule has 0 unspecified atom stereocenters. The van der Waals surface area contributed by atoms with Gasteiger partial charge in [-0.05, 0) is 42.0 Å². The Morgan fingerprint density at radius 3 is 3.00 bits per heavy atom. The Labute approximate surface area is 114 Å². The van der Waals surface area contributed by atoms with E-state index in [-0.39, 0.29) is 0 Å². The van der Waals surface area contributed by atoms with E-state index in [1.54, 1.807) is 6.20 Å². The number of nitrogens with zero attached hydrogens (tertiary/aromatic N) is 2. The van der Waals surface area contributed by atoms with Crippen molar-refractivity contribution in [2.24, 2.45) is 0 Å². The SMILES string of the molecule is S=c1[nH]c2ccc(Cl)cc2n1Cc1cccnc1. The maximum absolute atomic E-state index is 6.03. The Kier molecular flexibility index (Phi) is 2.89. The van der Waals surface area contributed by atoms with Gasteiger partial charge in [-0.3, -0.25) is 4.98 Å². The Balaban J connectivity index is 2.14.